The number of nitrogens with one attached hydrogen (secondary N) is 1. The Morgan fingerprint density at radius 1 is 1.33 bits per heavy atom. The molecule has 0 aliphatic carbocycles. The highest BCUT2D eigenvalue weighted by Crippen LogP contribution is 2.37. The maximum absolute atomic E-state index is 13.8. The predicted octanol–water partition coefficient (Wildman–Crippen LogP) is 3.61. The summed E-state index contributed by atoms with van der Waals surface area (Å²) in [5.74, 6) is 0.620. The second kappa shape index (κ2) is 7.09. The molecular formula is C16H18Cl2FN5. The summed E-state index contributed by atoms with van der Waals surface area (Å²) in [5.41, 5.74) is 6.53. The van der Waals surface area contributed by atoms with Gasteiger partial charge in [-0.25, -0.2) is 9.37 Å². The molecule has 0 spiro atoms. The lowest BCUT2D eigenvalue weighted by Crippen LogP contribution is -2.25. The van der Waals surface area contributed by atoms with E-state index in [2.05, 4.69) is 20.2 Å². The lowest BCUT2D eigenvalue weighted by molar-refractivity contribution is 0.281. The molecule has 2 unspecified atom stereocenters. The van der Waals surface area contributed by atoms with Gasteiger partial charge in [-0.1, -0.05) is 29.3 Å². The molecule has 8 heteroatoms. The van der Waals surface area contributed by atoms with Crippen LogP contribution in [-0.2, 0) is 0 Å². The van der Waals surface area contributed by atoms with Crippen LogP contribution in [0.5, 0.6) is 0 Å². The topological polar surface area (TPSA) is 67.1 Å². The Kier molecular flexibility index (Phi) is 5.08. The molecular weight excluding hydrogens is 352 g/mol. The molecule has 1 aliphatic rings. The van der Waals surface area contributed by atoms with Gasteiger partial charge < -0.3 is 11.1 Å². The zero-order valence-electron chi connectivity index (χ0n) is 13.1. The van der Waals surface area contributed by atoms with Crippen molar-refractivity contribution in [1.82, 2.24) is 14.9 Å². The quantitative estimate of drug-likeness (QED) is 0.805. The van der Waals surface area contributed by atoms with E-state index < -0.39 is 5.82 Å². The number of aromatic nitrogens is 2. The summed E-state index contributed by atoms with van der Waals surface area (Å²) >= 11 is 11.7. The van der Waals surface area contributed by atoms with Crippen molar-refractivity contribution in [3.8, 4) is 0 Å². The minimum atomic E-state index is -0.392. The number of rotatable bonds is 4. The van der Waals surface area contributed by atoms with Crippen LogP contribution < -0.4 is 11.1 Å². The van der Waals surface area contributed by atoms with Crippen LogP contribution in [0.4, 0.5) is 16.2 Å². The number of anilines is 2. The van der Waals surface area contributed by atoms with Crippen LogP contribution >= 0.6 is 23.2 Å². The van der Waals surface area contributed by atoms with E-state index in [9.17, 15) is 4.39 Å². The molecule has 0 amide bonds. The van der Waals surface area contributed by atoms with Crippen LogP contribution in [0.15, 0.2) is 24.3 Å². The van der Waals surface area contributed by atoms with E-state index in [-0.39, 0.29) is 17.0 Å². The number of hydrogen-bond donors (Lipinski definition) is 2. The fourth-order valence-corrected chi connectivity index (χ4v) is 3.53. The van der Waals surface area contributed by atoms with E-state index in [4.69, 9.17) is 28.9 Å². The zero-order chi connectivity index (χ0) is 17.3. The van der Waals surface area contributed by atoms with Gasteiger partial charge in [0.25, 0.3) is 0 Å². The minimum Gasteiger partial charge on any atom is -0.370 e. The van der Waals surface area contributed by atoms with Crippen LogP contribution in [0.2, 0.25) is 10.2 Å². The molecule has 2 atom stereocenters. The molecule has 0 radical (unpaired) electrons. The van der Waals surface area contributed by atoms with E-state index in [1.165, 1.54) is 6.07 Å². The lowest BCUT2D eigenvalue weighted by atomic mass is 9.93. The van der Waals surface area contributed by atoms with Crippen molar-refractivity contribution < 1.29 is 4.39 Å². The summed E-state index contributed by atoms with van der Waals surface area (Å²) in [6, 6.07) is 6.74. The van der Waals surface area contributed by atoms with Gasteiger partial charge in [0.2, 0.25) is 5.95 Å². The van der Waals surface area contributed by atoms with Gasteiger partial charge in [0.15, 0.2) is 0 Å². The van der Waals surface area contributed by atoms with E-state index in [0.717, 1.165) is 18.5 Å². The first-order valence-corrected chi connectivity index (χ1v) is 8.39. The normalized spacial score (nSPS) is 21.2. The Morgan fingerprint density at radius 3 is 2.83 bits per heavy atom. The second-order valence-corrected chi connectivity index (χ2v) is 6.76. The summed E-state index contributed by atoms with van der Waals surface area (Å²) < 4.78 is 13.8. The largest absolute Gasteiger partial charge is 0.370 e. The van der Waals surface area contributed by atoms with Crippen molar-refractivity contribution >= 4 is 35.0 Å². The number of likely N-dealkylation sites (tertiary alicyclic amines) is 1. The third-order valence-corrected chi connectivity index (χ3v) is 4.82. The van der Waals surface area contributed by atoms with Crippen molar-refractivity contribution in [2.75, 3.05) is 31.2 Å². The van der Waals surface area contributed by atoms with Crippen molar-refractivity contribution in [3.63, 3.8) is 0 Å². The van der Waals surface area contributed by atoms with Gasteiger partial charge >= 0.3 is 0 Å². The van der Waals surface area contributed by atoms with Gasteiger partial charge in [-0.15, -0.1) is 0 Å². The van der Waals surface area contributed by atoms with E-state index >= 15 is 0 Å². The molecule has 128 valence electrons. The van der Waals surface area contributed by atoms with Crippen molar-refractivity contribution in [1.29, 1.82) is 0 Å². The Bertz CT molecular complexity index is 722. The Morgan fingerprint density at radius 2 is 2.12 bits per heavy atom. The SMILES string of the molecule is CN1CCC(CNc2cc(Cl)nc(N)n2)C1c1ccc(Cl)c(F)c1. The summed E-state index contributed by atoms with van der Waals surface area (Å²) in [6.07, 6.45) is 0.993. The molecule has 2 heterocycles. The molecule has 24 heavy (non-hydrogen) atoms. The summed E-state index contributed by atoms with van der Waals surface area (Å²) in [7, 11) is 2.04. The second-order valence-electron chi connectivity index (χ2n) is 5.96. The molecule has 1 fully saturated rings. The number of halogens is 3. The fourth-order valence-electron chi connectivity index (χ4n) is 3.22. The average Bonchev–Trinajstić information content (AvgIpc) is 2.88. The van der Waals surface area contributed by atoms with Crippen molar-refractivity contribution in [2.24, 2.45) is 5.92 Å². The van der Waals surface area contributed by atoms with E-state index in [1.54, 1.807) is 12.1 Å². The number of hydrogen-bond acceptors (Lipinski definition) is 5. The maximum atomic E-state index is 13.8. The zero-order valence-corrected chi connectivity index (χ0v) is 14.7. The van der Waals surface area contributed by atoms with Gasteiger partial charge in [0.05, 0.1) is 5.02 Å². The molecule has 3 rings (SSSR count). The molecule has 3 N–H and O–H groups in total. The van der Waals surface area contributed by atoms with Crippen LogP contribution in [0, 0.1) is 11.7 Å². The third kappa shape index (κ3) is 3.71. The average molecular weight is 370 g/mol. The molecule has 1 aromatic carbocycles. The van der Waals surface area contributed by atoms with Gasteiger partial charge in [-0.05, 0) is 43.6 Å². The lowest BCUT2D eigenvalue weighted by Gasteiger charge is -2.26. The number of benzene rings is 1. The predicted molar refractivity (Wildman–Crippen MR) is 94.8 cm³/mol. The highest BCUT2D eigenvalue weighted by Gasteiger charge is 2.33. The minimum absolute atomic E-state index is 0.110. The van der Waals surface area contributed by atoms with Crippen LogP contribution in [-0.4, -0.2) is 35.0 Å². The highest BCUT2D eigenvalue weighted by atomic mass is 35.5. The van der Waals surface area contributed by atoms with Crippen LogP contribution in [0.1, 0.15) is 18.0 Å². The smallest absolute Gasteiger partial charge is 0.223 e. The molecule has 2 aromatic rings. The first-order chi connectivity index (χ1) is 11.4. The molecule has 1 aliphatic heterocycles. The van der Waals surface area contributed by atoms with Gasteiger partial charge in [0, 0.05) is 18.7 Å². The maximum Gasteiger partial charge on any atom is 0.223 e. The summed E-state index contributed by atoms with van der Waals surface area (Å²) in [5, 5.41) is 3.69. The highest BCUT2D eigenvalue weighted by molar-refractivity contribution is 6.30. The number of nitrogen functional groups attached to an aromatic ring is 1. The van der Waals surface area contributed by atoms with Gasteiger partial charge in [0.1, 0.15) is 16.8 Å². The van der Waals surface area contributed by atoms with E-state index in [1.807, 2.05) is 13.1 Å². The van der Waals surface area contributed by atoms with Crippen molar-refractivity contribution in [2.45, 2.75) is 12.5 Å². The van der Waals surface area contributed by atoms with Crippen LogP contribution in [0.25, 0.3) is 0 Å². The summed E-state index contributed by atoms with van der Waals surface area (Å²) in [4.78, 5) is 10.2. The molecule has 1 aromatic heterocycles. The monoisotopic (exact) mass is 369 g/mol. The molecule has 0 saturated carbocycles. The molecule has 5 nitrogen and oxygen atoms in total. The molecule has 1 saturated heterocycles. The third-order valence-electron chi connectivity index (χ3n) is 4.32. The Labute approximate surface area is 150 Å². The Balaban J connectivity index is 1.75. The molecule has 0 bridgehead atoms. The Hall–Kier alpha value is -1.63. The first-order valence-electron chi connectivity index (χ1n) is 7.63. The summed E-state index contributed by atoms with van der Waals surface area (Å²) in [6.45, 7) is 1.61. The first kappa shape index (κ1) is 17.2. The van der Waals surface area contributed by atoms with Gasteiger partial charge in [-0.2, -0.15) is 4.98 Å². The van der Waals surface area contributed by atoms with Crippen molar-refractivity contribution in [3.05, 3.63) is 45.8 Å². The van der Waals surface area contributed by atoms with E-state index in [0.29, 0.717) is 23.4 Å². The van der Waals surface area contributed by atoms with Crippen LogP contribution in [0.3, 0.4) is 0 Å². The number of nitrogens with zero attached hydrogens (tertiary/aromatic N) is 3. The fraction of sp³-hybridized carbons (Fsp3) is 0.375. The number of nitrogens with two attached hydrogens (primary N) is 1. The van der Waals surface area contributed by atoms with Gasteiger partial charge in [-0.3, -0.25) is 4.90 Å². The standard InChI is InChI=1S/C16H18Cl2FN5/c1-24-5-4-10(8-21-14-7-13(18)22-16(20)23-14)15(24)9-2-3-11(17)12(19)6-9/h2-3,6-7,10,15H,4-5,8H2,1H3,(H3,20,21,22,23).